The van der Waals surface area contributed by atoms with E-state index in [0.29, 0.717) is 18.9 Å². The number of rotatable bonds is 3. The number of hydrogen-bond acceptors (Lipinski definition) is 5. The Labute approximate surface area is 202 Å². The molecule has 6 nitrogen and oxygen atoms in total. The second-order valence-corrected chi connectivity index (χ2v) is 10.6. The molecule has 0 spiro atoms. The molecule has 0 saturated carbocycles. The smallest absolute Gasteiger partial charge is 0.254 e. The highest BCUT2D eigenvalue weighted by Gasteiger charge is 2.26. The Kier molecular flexibility index (Phi) is 5.76. The first-order valence-electron chi connectivity index (χ1n) is 11.1. The molecule has 0 bridgehead atoms. The third-order valence-electron chi connectivity index (χ3n) is 6.23. The van der Waals surface area contributed by atoms with Crippen LogP contribution in [-0.2, 0) is 16.4 Å². The van der Waals surface area contributed by atoms with Gasteiger partial charge in [0.05, 0.1) is 12.1 Å². The molecule has 1 aliphatic heterocycles. The summed E-state index contributed by atoms with van der Waals surface area (Å²) in [4.78, 5) is 19.1. The quantitative estimate of drug-likeness (QED) is 0.413. The summed E-state index contributed by atoms with van der Waals surface area (Å²) < 4.78 is 44.3. The van der Waals surface area contributed by atoms with E-state index in [1.54, 1.807) is 4.90 Å². The summed E-state index contributed by atoms with van der Waals surface area (Å²) in [5.74, 6) is -0.584. The zero-order valence-corrected chi connectivity index (χ0v) is 20.1. The van der Waals surface area contributed by atoms with Gasteiger partial charge in [-0.1, -0.05) is 24.3 Å². The minimum atomic E-state index is -3.74. The Bertz CT molecular complexity index is 1580. The van der Waals surface area contributed by atoms with E-state index in [-0.39, 0.29) is 23.6 Å². The lowest BCUT2D eigenvalue weighted by atomic mass is 10.0. The topological polar surface area (TPSA) is 76.6 Å². The Balaban J connectivity index is 1.47. The molecule has 0 aliphatic carbocycles. The molecule has 1 aromatic heterocycles. The van der Waals surface area contributed by atoms with Gasteiger partial charge in [0.2, 0.25) is 0 Å². The summed E-state index contributed by atoms with van der Waals surface area (Å²) in [6.45, 7) is 2.30. The Hall–Kier alpha value is -3.78. The van der Waals surface area contributed by atoms with Gasteiger partial charge >= 0.3 is 0 Å². The highest BCUT2D eigenvalue weighted by Crippen LogP contribution is 2.31. The molecule has 0 radical (unpaired) electrons. The van der Waals surface area contributed by atoms with Gasteiger partial charge in [0.15, 0.2) is 9.84 Å². The fraction of sp³-hybridized carbons (Fsp3) is 0.185. The first-order chi connectivity index (χ1) is 16.7. The number of pyridine rings is 1. The second-order valence-electron chi connectivity index (χ2n) is 8.64. The molecule has 0 fully saturated rings. The molecule has 4 aromatic rings. The molecule has 2 heterocycles. The summed E-state index contributed by atoms with van der Waals surface area (Å²) >= 11 is 0. The van der Waals surface area contributed by atoms with E-state index < -0.39 is 20.5 Å². The fourth-order valence-corrected chi connectivity index (χ4v) is 5.12. The van der Waals surface area contributed by atoms with Gasteiger partial charge in [0, 0.05) is 41.1 Å². The Morgan fingerprint density at radius 2 is 1.86 bits per heavy atom. The van der Waals surface area contributed by atoms with Gasteiger partial charge in [-0.15, -0.1) is 0 Å². The van der Waals surface area contributed by atoms with Gasteiger partial charge in [-0.05, 0) is 54.4 Å². The minimum absolute atomic E-state index is 0.0132. The third kappa shape index (κ3) is 4.37. The third-order valence-corrected chi connectivity index (χ3v) is 7.35. The molecular formula is C27H23FN2O4S. The largest absolute Gasteiger partial charge is 0.491 e. The molecule has 1 aliphatic rings. The minimum Gasteiger partial charge on any atom is -0.491 e. The number of carbonyl (C=O) groups excluding carboxylic acids is 1. The number of hydrogen-bond donors (Lipinski definition) is 0. The molecule has 5 rings (SSSR count). The highest BCUT2D eigenvalue weighted by molar-refractivity contribution is 7.90. The lowest BCUT2D eigenvalue weighted by Gasteiger charge is -2.21. The maximum absolute atomic E-state index is 14.8. The van der Waals surface area contributed by atoms with E-state index in [2.05, 4.69) is 11.1 Å². The number of carbonyl (C=O) groups is 1. The standard InChI is InChI=1S/C27H23FN2O4S/c1-17-22(8-10-25(26(17)28)35(2,32)33)27(31)30-11-12-34-24-9-7-18(13-21(24)16-30)20-14-19-5-3-4-6-23(19)29-15-20/h3-10,13-15H,11-12,16H2,1-2H3. The average Bonchev–Trinajstić information content (AvgIpc) is 3.06. The van der Waals surface area contributed by atoms with Crippen LogP contribution in [-0.4, -0.2) is 43.6 Å². The second kappa shape index (κ2) is 8.78. The summed E-state index contributed by atoms with van der Waals surface area (Å²) in [7, 11) is -3.74. The van der Waals surface area contributed by atoms with Crippen molar-refractivity contribution >= 4 is 26.6 Å². The molecule has 35 heavy (non-hydrogen) atoms. The van der Waals surface area contributed by atoms with Crippen molar-refractivity contribution in [3.05, 3.63) is 89.4 Å². The molecule has 0 N–H and O–H groups in total. The van der Waals surface area contributed by atoms with Crippen molar-refractivity contribution < 1.29 is 22.3 Å². The van der Waals surface area contributed by atoms with Crippen molar-refractivity contribution in [2.45, 2.75) is 18.4 Å². The van der Waals surface area contributed by atoms with Crippen molar-refractivity contribution in [2.24, 2.45) is 0 Å². The monoisotopic (exact) mass is 490 g/mol. The fourth-order valence-electron chi connectivity index (χ4n) is 4.32. The van der Waals surface area contributed by atoms with E-state index in [9.17, 15) is 17.6 Å². The molecule has 0 saturated heterocycles. The van der Waals surface area contributed by atoms with Crippen molar-refractivity contribution in [2.75, 3.05) is 19.4 Å². The molecule has 1 amide bonds. The van der Waals surface area contributed by atoms with Gasteiger partial charge in [0.1, 0.15) is 23.1 Å². The predicted molar refractivity (Wildman–Crippen MR) is 132 cm³/mol. The number of ether oxygens (including phenoxy) is 1. The van der Waals surface area contributed by atoms with E-state index >= 15 is 0 Å². The molecule has 178 valence electrons. The summed E-state index contributed by atoms with van der Waals surface area (Å²) in [6.07, 6.45) is 2.76. The number of benzene rings is 3. The van der Waals surface area contributed by atoms with E-state index in [4.69, 9.17) is 4.74 Å². The van der Waals surface area contributed by atoms with Crippen LogP contribution in [0.15, 0.2) is 71.8 Å². The highest BCUT2D eigenvalue weighted by atomic mass is 32.2. The van der Waals surface area contributed by atoms with E-state index in [1.165, 1.54) is 13.0 Å². The Morgan fingerprint density at radius 3 is 2.66 bits per heavy atom. The summed E-state index contributed by atoms with van der Waals surface area (Å²) in [5.41, 5.74) is 3.78. The van der Waals surface area contributed by atoms with Crippen LogP contribution in [0.3, 0.4) is 0 Å². The number of amides is 1. The van der Waals surface area contributed by atoms with Crippen LogP contribution in [0.1, 0.15) is 21.5 Å². The maximum Gasteiger partial charge on any atom is 0.254 e. The van der Waals surface area contributed by atoms with Crippen molar-refractivity contribution in [3.8, 4) is 16.9 Å². The van der Waals surface area contributed by atoms with Crippen molar-refractivity contribution in [1.82, 2.24) is 9.88 Å². The van der Waals surface area contributed by atoms with E-state index in [1.807, 2.05) is 48.7 Å². The zero-order chi connectivity index (χ0) is 24.7. The SMILES string of the molecule is Cc1c(C(=O)N2CCOc3ccc(-c4cnc5ccccc5c4)cc3C2)ccc(S(C)(=O)=O)c1F. The van der Waals surface area contributed by atoms with Gasteiger partial charge in [0.25, 0.3) is 5.91 Å². The Morgan fingerprint density at radius 1 is 1.06 bits per heavy atom. The number of fused-ring (bicyclic) bond motifs is 2. The number of aromatic nitrogens is 1. The normalized spacial score (nSPS) is 13.7. The van der Waals surface area contributed by atoms with E-state index in [0.717, 1.165) is 39.9 Å². The number of para-hydroxylation sites is 1. The van der Waals surface area contributed by atoms with Crippen LogP contribution in [0.25, 0.3) is 22.0 Å². The molecule has 3 aromatic carbocycles. The number of halogens is 1. The van der Waals surface area contributed by atoms with Crippen LogP contribution in [0.5, 0.6) is 5.75 Å². The maximum atomic E-state index is 14.8. The molecular weight excluding hydrogens is 467 g/mol. The first-order valence-corrected chi connectivity index (χ1v) is 13.0. The van der Waals surface area contributed by atoms with Crippen LogP contribution in [0.2, 0.25) is 0 Å². The van der Waals surface area contributed by atoms with Crippen molar-refractivity contribution in [3.63, 3.8) is 0 Å². The van der Waals surface area contributed by atoms with Gasteiger partial charge in [-0.25, -0.2) is 12.8 Å². The zero-order valence-electron chi connectivity index (χ0n) is 19.3. The lowest BCUT2D eigenvalue weighted by Crippen LogP contribution is -2.33. The number of nitrogens with zero attached hydrogens (tertiary/aromatic N) is 2. The number of sulfone groups is 1. The average molecular weight is 491 g/mol. The predicted octanol–water partition coefficient (Wildman–Crippen LogP) is 4.79. The van der Waals surface area contributed by atoms with Crippen LogP contribution < -0.4 is 4.74 Å². The van der Waals surface area contributed by atoms with Gasteiger partial charge in [-0.3, -0.25) is 9.78 Å². The van der Waals surface area contributed by atoms with Gasteiger partial charge < -0.3 is 9.64 Å². The van der Waals surface area contributed by atoms with Crippen LogP contribution in [0, 0.1) is 12.7 Å². The first kappa shape index (κ1) is 23.0. The van der Waals surface area contributed by atoms with Crippen LogP contribution in [0.4, 0.5) is 4.39 Å². The van der Waals surface area contributed by atoms with Crippen molar-refractivity contribution in [1.29, 1.82) is 0 Å². The van der Waals surface area contributed by atoms with Gasteiger partial charge in [-0.2, -0.15) is 0 Å². The molecule has 0 atom stereocenters. The lowest BCUT2D eigenvalue weighted by molar-refractivity contribution is 0.0731. The summed E-state index contributed by atoms with van der Waals surface area (Å²) in [6, 6.07) is 18.3. The van der Waals surface area contributed by atoms with Crippen LogP contribution >= 0.6 is 0 Å². The molecule has 8 heteroatoms. The molecule has 0 unspecified atom stereocenters. The summed E-state index contributed by atoms with van der Waals surface area (Å²) in [5, 5.41) is 1.03.